The van der Waals surface area contributed by atoms with Crippen LogP contribution in [0.2, 0.25) is 0 Å². The maximum Gasteiger partial charge on any atom is 0.334 e. The number of aliphatic carboxylic acids is 1. The van der Waals surface area contributed by atoms with E-state index in [1.807, 2.05) is 0 Å². The van der Waals surface area contributed by atoms with Crippen molar-refractivity contribution in [3.05, 3.63) is 22.4 Å². The molecule has 1 amide bonds. The molecule has 1 atom stereocenters. The first-order valence-electron chi connectivity index (χ1n) is 4.03. The van der Waals surface area contributed by atoms with Gasteiger partial charge in [0, 0.05) is 11.8 Å². The van der Waals surface area contributed by atoms with Gasteiger partial charge in [-0.25, -0.2) is 4.79 Å². The van der Waals surface area contributed by atoms with Gasteiger partial charge in [-0.15, -0.1) is 11.3 Å². The number of carbonyl (C=O) groups is 2. The number of carboxylic acids is 1. The number of hydrogen-bond donors (Lipinski definition) is 2. The van der Waals surface area contributed by atoms with Crippen molar-refractivity contribution in [2.45, 2.75) is 19.4 Å². The van der Waals surface area contributed by atoms with Gasteiger partial charge in [0.1, 0.15) is 0 Å². The second kappa shape index (κ2) is 3.79. The smallest absolute Gasteiger partial charge is 0.334 e. The highest BCUT2D eigenvalue weighted by Gasteiger charge is 2.36. The van der Waals surface area contributed by atoms with Gasteiger partial charge in [0.2, 0.25) is 5.91 Å². The number of carboxylic acid groups (broad SMARTS) is 1. The Kier molecular flexibility index (Phi) is 2.90. The summed E-state index contributed by atoms with van der Waals surface area (Å²) in [4.78, 5) is 22.5. The molecule has 0 radical (unpaired) electrons. The molecule has 0 saturated carbocycles. The van der Waals surface area contributed by atoms with Crippen LogP contribution in [0.25, 0.3) is 0 Å². The summed E-state index contributed by atoms with van der Waals surface area (Å²) >= 11 is 1.30. The SMILES string of the molecule is CC(=O)N[C@](C)(C(=O)O)c1cccs1. The molecule has 0 bridgehead atoms. The summed E-state index contributed by atoms with van der Waals surface area (Å²) in [5, 5.41) is 13.3. The third-order valence-corrected chi connectivity index (χ3v) is 2.96. The second-order valence-electron chi connectivity index (χ2n) is 3.09. The largest absolute Gasteiger partial charge is 0.479 e. The van der Waals surface area contributed by atoms with Gasteiger partial charge < -0.3 is 10.4 Å². The summed E-state index contributed by atoms with van der Waals surface area (Å²) in [6.07, 6.45) is 0. The Morgan fingerprint density at radius 1 is 1.57 bits per heavy atom. The average Bonchev–Trinajstić information content (AvgIpc) is 2.53. The minimum absolute atomic E-state index is 0.358. The fraction of sp³-hybridized carbons (Fsp3) is 0.333. The Morgan fingerprint density at radius 2 is 2.21 bits per heavy atom. The van der Waals surface area contributed by atoms with E-state index in [1.54, 1.807) is 17.5 Å². The van der Waals surface area contributed by atoms with Crippen LogP contribution in [0.3, 0.4) is 0 Å². The molecule has 1 aromatic rings. The van der Waals surface area contributed by atoms with Gasteiger partial charge in [0.05, 0.1) is 0 Å². The Labute approximate surface area is 85.6 Å². The first kappa shape index (κ1) is 10.7. The average molecular weight is 213 g/mol. The van der Waals surface area contributed by atoms with Gasteiger partial charge in [-0.1, -0.05) is 6.07 Å². The highest BCUT2D eigenvalue weighted by molar-refractivity contribution is 7.10. The van der Waals surface area contributed by atoms with Crippen molar-refractivity contribution < 1.29 is 14.7 Å². The predicted molar refractivity (Wildman–Crippen MR) is 53.1 cm³/mol. The molecule has 1 heterocycles. The zero-order chi connectivity index (χ0) is 10.8. The summed E-state index contributed by atoms with van der Waals surface area (Å²) in [5.41, 5.74) is -1.32. The number of thiophene rings is 1. The molecule has 0 aromatic carbocycles. The third kappa shape index (κ3) is 1.93. The Bertz CT molecular complexity index is 347. The number of hydrogen-bond acceptors (Lipinski definition) is 3. The molecular weight excluding hydrogens is 202 g/mol. The van der Waals surface area contributed by atoms with Gasteiger partial charge in [0.25, 0.3) is 0 Å². The van der Waals surface area contributed by atoms with E-state index in [1.165, 1.54) is 25.2 Å². The molecule has 2 N–H and O–H groups in total. The molecule has 0 spiro atoms. The lowest BCUT2D eigenvalue weighted by molar-refractivity contribution is -0.146. The first-order valence-corrected chi connectivity index (χ1v) is 4.91. The lowest BCUT2D eigenvalue weighted by atomic mass is 10.0. The van der Waals surface area contributed by atoms with Crippen molar-refractivity contribution in [2.75, 3.05) is 0 Å². The van der Waals surface area contributed by atoms with Gasteiger partial charge in [-0.3, -0.25) is 4.79 Å². The van der Waals surface area contributed by atoms with Gasteiger partial charge in [0.15, 0.2) is 5.54 Å². The highest BCUT2D eigenvalue weighted by atomic mass is 32.1. The Morgan fingerprint density at radius 3 is 2.57 bits per heavy atom. The number of rotatable bonds is 3. The van der Waals surface area contributed by atoms with Crippen LogP contribution >= 0.6 is 11.3 Å². The number of amides is 1. The van der Waals surface area contributed by atoms with E-state index in [4.69, 9.17) is 5.11 Å². The van der Waals surface area contributed by atoms with Crippen molar-refractivity contribution in [1.82, 2.24) is 5.32 Å². The van der Waals surface area contributed by atoms with Gasteiger partial charge in [-0.2, -0.15) is 0 Å². The van der Waals surface area contributed by atoms with E-state index in [-0.39, 0.29) is 5.91 Å². The molecule has 0 aliphatic heterocycles. The maximum atomic E-state index is 11.0. The summed E-state index contributed by atoms with van der Waals surface area (Å²) in [6, 6.07) is 3.44. The van der Waals surface area contributed by atoms with Crippen LogP contribution in [0.1, 0.15) is 18.7 Å². The van der Waals surface area contributed by atoms with Crippen LogP contribution in [0.4, 0.5) is 0 Å². The van der Waals surface area contributed by atoms with Crippen LogP contribution in [0.5, 0.6) is 0 Å². The normalized spacial score (nSPS) is 14.4. The van der Waals surface area contributed by atoms with E-state index in [9.17, 15) is 9.59 Å². The third-order valence-electron chi connectivity index (χ3n) is 1.87. The number of carbonyl (C=O) groups excluding carboxylic acids is 1. The Hall–Kier alpha value is -1.36. The minimum atomic E-state index is -1.32. The topological polar surface area (TPSA) is 66.4 Å². The molecule has 0 saturated heterocycles. The van der Waals surface area contributed by atoms with E-state index < -0.39 is 11.5 Å². The zero-order valence-corrected chi connectivity index (χ0v) is 8.72. The molecule has 0 fully saturated rings. The molecule has 0 aliphatic rings. The first-order chi connectivity index (χ1) is 6.47. The maximum absolute atomic E-state index is 11.0. The quantitative estimate of drug-likeness (QED) is 0.792. The molecule has 1 rings (SSSR count). The molecular formula is C9H11NO3S. The molecule has 0 aliphatic carbocycles. The van der Waals surface area contributed by atoms with Crippen LogP contribution in [-0.4, -0.2) is 17.0 Å². The van der Waals surface area contributed by atoms with E-state index in [0.29, 0.717) is 4.88 Å². The van der Waals surface area contributed by atoms with Crippen LogP contribution in [-0.2, 0) is 15.1 Å². The molecule has 0 unspecified atom stereocenters. The zero-order valence-electron chi connectivity index (χ0n) is 7.90. The van der Waals surface area contributed by atoms with Crippen LogP contribution < -0.4 is 5.32 Å². The van der Waals surface area contributed by atoms with E-state index >= 15 is 0 Å². The number of nitrogens with one attached hydrogen (secondary N) is 1. The molecule has 4 nitrogen and oxygen atoms in total. The summed E-state index contributed by atoms with van der Waals surface area (Å²) in [7, 11) is 0. The monoisotopic (exact) mass is 213 g/mol. The molecule has 14 heavy (non-hydrogen) atoms. The van der Waals surface area contributed by atoms with Crippen LogP contribution in [0.15, 0.2) is 17.5 Å². The van der Waals surface area contributed by atoms with Crippen molar-refractivity contribution >= 4 is 23.2 Å². The van der Waals surface area contributed by atoms with Crippen molar-refractivity contribution in [1.29, 1.82) is 0 Å². The van der Waals surface area contributed by atoms with Crippen LogP contribution in [0, 0.1) is 0 Å². The standard InChI is InChI=1S/C9H11NO3S/c1-6(11)10-9(2,8(12)13)7-4-3-5-14-7/h3-5H,1-2H3,(H,10,11)(H,12,13)/t9-/m0/s1. The summed E-state index contributed by atoms with van der Waals surface area (Å²) in [5.74, 6) is -1.42. The van der Waals surface area contributed by atoms with Crippen molar-refractivity contribution in [3.8, 4) is 0 Å². The Balaban J connectivity index is 3.05. The minimum Gasteiger partial charge on any atom is -0.479 e. The summed E-state index contributed by atoms with van der Waals surface area (Å²) in [6.45, 7) is 2.78. The molecule has 76 valence electrons. The fourth-order valence-electron chi connectivity index (χ4n) is 1.14. The molecule has 1 aromatic heterocycles. The lowest BCUT2D eigenvalue weighted by Crippen LogP contribution is -2.48. The van der Waals surface area contributed by atoms with Crippen molar-refractivity contribution in [3.63, 3.8) is 0 Å². The highest BCUT2D eigenvalue weighted by Crippen LogP contribution is 2.25. The lowest BCUT2D eigenvalue weighted by Gasteiger charge is -2.24. The van der Waals surface area contributed by atoms with Gasteiger partial charge in [-0.05, 0) is 18.4 Å². The van der Waals surface area contributed by atoms with E-state index in [2.05, 4.69) is 5.32 Å². The van der Waals surface area contributed by atoms with Gasteiger partial charge >= 0.3 is 5.97 Å². The second-order valence-corrected chi connectivity index (χ2v) is 4.04. The molecule has 5 heteroatoms. The fourth-order valence-corrected chi connectivity index (χ4v) is 1.97. The predicted octanol–water partition coefficient (Wildman–Crippen LogP) is 1.18. The van der Waals surface area contributed by atoms with E-state index in [0.717, 1.165) is 0 Å². The van der Waals surface area contributed by atoms with Crippen molar-refractivity contribution in [2.24, 2.45) is 0 Å². The summed E-state index contributed by atoms with van der Waals surface area (Å²) < 4.78 is 0.